The van der Waals surface area contributed by atoms with E-state index in [0.29, 0.717) is 22.5 Å². The highest BCUT2D eigenvalue weighted by Gasteiger charge is 2.32. The third kappa shape index (κ3) is 2.54. The summed E-state index contributed by atoms with van der Waals surface area (Å²) in [5, 5.41) is 14.5. The molecule has 2 atom stereocenters. The summed E-state index contributed by atoms with van der Waals surface area (Å²) in [6, 6.07) is 14.4. The number of aliphatic hydroxyl groups is 1. The molecule has 3 aromatic rings. The molecule has 24 heavy (non-hydrogen) atoms. The molecule has 1 aliphatic carbocycles. The van der Waals surface area contributed by atoms with Gasteiger partial charge in [-0.1, -0.05) is 41.9 Å². The number of amides is 1. The van der Waals surface area contributed by atoms with Crippen molar-refractivity contribution >= 4 is 28.4 Å². The number of hydrogen-bond acceptors (Lipinski definition) is 3. The van der Waals surface area contributed by atoms with Crippen molar-refractivity contribution in [3.8, 4) is 0 Å². The fraction of sp³-hybridized carbons (Fsp3) is 0.158. The van der Waals surface area contributed by atoms with Crippen LogP contribution < -0.4 is 5.32 Å². The number of benzene rings is 2. The third-order valence-corrected chi connectivity index (χ3v) is 4.62. The van der Waals surface area contributed by atoms with Crippen LogP contribution in [0.1, 0.15) is 27.5 Å². The van der Waals surface area contributed by atoms with Gasteiger partial charge in [0.25, 0.3) is 5.91 Å². The number of pyridine rings is 1. The molecule has 4 rings (SSSR count). The van der Waals surface area contributed by atoms with Crippen molar-refractivity contribution in [2.45, 2.75) is 18.6 Å². The Balaban J connectivity index is 1.71. The van der Waals surface area contributed by atoms with E-state index in [-0.39, 0.29) is 5.91 Å². The van der Waals surface area contributed by atoms with Gasteiger partial charge in [-0.3, -0.25) is 9.78 Å². The number of aliphatic hydroxyl groups excluding tert-OH is 1. The van der Waals surface area contributed by atoms with Gasteiger partial charge in [-0.15, -0.1) is 0 Å². The van der Waals surface area contributed by atoms with Crippen LogP contribution in [0.15, 0.2) is 54.7 Å². The summed E-state index contributed by atoms with van der Waals surface area (Å²) in [6.45, 7) is 0. The number of nitrogens with zero attached hydrogens (tertiary/aromatic N) is 1. The van der Waals surface area contributed by atoms with Crippen molar-refractivity contribution in [1.82, 2.24) is 10.3 Å². The van der Waals surface area contributed by atoms with Crippen molar-refractivity contribution in [1.29, 1.82) is 0 Å². The zero-order valence-corrected chi connectivity index (χ0v) is 13.5. The molecule has 4 nitrogen and oxygen atoms in total. The first-order valence-corrected chi connectivity index (χ1v) is 8.12. The van der Waals surface area contributed by atoms with Gasteiger partial charge in [0.2, 0.25) is 0 Å². The first kappa shape index (κ1) is 15.1. The number of carbonyl (C=O) groups is 1. The molecule has 0 fully saturated rings. The minimum atomic E-state index is -0.634. The van der Waals surface area contributed by atoms with Gasteiger partial charge in [0, 0.05) is 23.0 Å². The Morgan fingerprint density at radius 1 is 1.21 bits per heavy atom. The molecular formula is C19H15ClN2O2. The molecule has 0 radical (unpaired) electrons. The SMILES string of the molecule is O=C(N[C@H]1c2ccccc2C[C@H]1O)c1cc(Cl)cc2cccnc12. The van der Waals surface area contributed by atoms with Gasteiger partial charge in [-0.05, 0) is 29.3 Å². The normalized spacial score (nSPS) is 19.2. The number of aromatic nitrogens is 1. The summed E-state index contributed by atoms with van der Waals surface area (Å²) >= 11 is 6.14. The van der Waals surface area contributed by atoms with Crippen LogP contribution in [0.3, 0.4) is 0 Å². The van der Waals surface area contributed by atoms with E-state index >= 15 is 0 Å². The second kappa shape index (κ2) is 5.89. The van der Waals surface area contributed by atoms with Gasteiger partial charge in [0.1, 0.15) is 0 Å². The number of nitrogens with one attached hydrogen (secondary N) is 1. The largest absolute Gasteiger partial charge is 0.390 e. The lowest BCUT2D eigenvalue weighted by atomic mass is 10.1. The fourth-order valence-corrected chi connectivity index (χ4v) is 3.52. The summed E-state index contributed by atoms with van der Waals surface area (Å²) < 4.78 is 0. The van der Waals surface area contributed by atoms with Crippen LogP contribution in [0, 0.1) is 0 Å². The van der Waals surface area contributed by atoms with Crippen molar-refractivity contribution in [2.24, 2.45) is 0 Å². The topological polar surface area (TPSA) is 62.2 Å². The molecule has 5 heteroatoms. The van der Waals surface area contributed by atoms with Crippen LogP contribution in [-0.2, 0) is 6.42 Å². The molecule has 1 aliphatic rings. The van der Waals surface area contributed by atoms with E-state index in [2.05, 4.69) is 10.3 Å². The molecule has 120 valence electrons. The Morgan fingerprint density at radius 3 is 2.92 bits per heavy atom. The van der Waals surface area contributed by atoms with E-state index in [1.54, 1.807) is 24.4 Å². The maximum atomic E-state index is 12.8. The quantitative estimate of drug-likeness (QED) is 0.753. The fourth-order valence-electron chi connectivity index (χ4n) is 3.30. The molecular weight excluding hydrogens is 324 g/mol. The highest BCUT2D eigenvalue weighted by atomic mass is 35.5. The number of carbonyl (C=O) groups excluding carboxylic acids is 1. The van der Waals surface area contributed by atoms with Crippen molar-refractivity contribution < 1.29 is 9.90 Å². The van der Waals surface area contributed by atoms with Gasteiger partial charge >= 0.3 is 0 Å². The van der Waals surface area contributed by atoms with E-state index in [0.717, 1.165) is 16.5 Å². The highest BCUT2D eigenvalue weighted by molar-refractivity contribution is 6.32. The van der Waals surface area contributed by atoms with E-state index in [1.165, 1.54) is 0 Å². The van der Waals surface area contributed by atoms with Gasteiger partial charge < -0.3 is 10.4 Å². The monoisotopic (exact) mass is 338 g/mol. The van der Waals surface area contributed by atoms with Gasteiger partial charge in [-0.2, -0.15) is 0 Å². The lowest BCUT2D eigenvalue weighted by molar-refractivity contribution is 0.0859. The summed E-state index contributed by atoms with van der Waals surface area (Å²) in [7, 11) is 0. The second-order valence-corrected chi connectivity index (χ2v) is 6.39. The van der Waals surface area contributed by atoms with Crippen LogP contribution in [0.2, 0.25) is 5.02 Å². The van der Waals surface area contributed by atoms with E-state index in [9.17, 15) is 9.90 Å². The molecule has 2 N–H and O–H groups in total. The summed E-state index contributed by atoms with van der Waals surface area (Å²) in [5.74, 6) is -0.290. The number of fused-ring (bicyclic) bond motifs is 2. The Bertz CT molecular complexity index is 942. The predicted octanol–water partition coefficient (Wildman–Crippen LogP) is 3.28. The van der Waals surface area contributed by atoms with E-state index in [4.69, 9.17) is 11.6 Å². The van der Waals surface area contributed by atoms with Gasteiger partial charge in [0.05, 0.1) is 23.2 Å². The lowest BCUT2D eigenvalue weighted by Crippen LogP contribution is -2.34. The Labute approximate surface area is 144 Å². The third-order valence-electron chi connectivity index (χ3n) is 4.40. The standard InChI is InChI=1S/C19H15ClN2O2/c20-13-8-12-5-3-7-21-17(12)15(10-13)19(24)22-18-14-6-2-1-4-11(14)9-16(18)23/h1-8,10,16,18,23H,9H2,(H,22,24)/t16-,18+/m1/s1. The van der Waals surface area contributed by atoms with Crippen LogP contribution in [0.25, 0.3) is 10.9 Å². The van der Waals surface area contributed by atoms with Crippen LogP contribution >= 0.6 is 11.6 Å². The zero-order valence-electron chi connectivity index (χ0n) is 12.7. The molecule has 0 saturated carbocycles. The van der Waals surface area contributed by atoms with Gasteiger partial charge in [-0.25, -0.2) is 0 Å². The Morgan fingerprint density at radius 2 is 2.04 bits per heavy atom. The summed E-state index contributed by atoms with van der Waals surface area (Å²) in [5.41, 5.74) is 3.02. The molecule has 0 aliphatic heterocycles. The minimum Gasteiger partial charge on any atom is -0.390 e. The molecule has 0 saturated heterocycles. The number of halogens is 1. The van der Waals surface area contributed by atoms with Crippen molar-refractivity contribution in [3.05, 3.63) is 76.4 Å². The predicted molar refractivity (Wildman–Crippen MR) is 93.1 cm³/mol. The zero-order chi connectivity index (χ0) is 16.7. The van der Waals surface area contributed by atoms with E-state index < -0.39 is 12.1 Å². The minimum absolute atomic E-state index is 0.290. The first-order chi connectivity index (χ1) is 11.6. The Hall–Kier alpha value is -2.43. The molecule has 1 amide bonds. The maximum absolute atomic E-state index is 12.8. The van der Waals surface area contributed by atoms with Crippen molar-refractivity contribution in [3.63, 3.8) is 0 Å². The average Bonchev–Trinajstić information content (AvgIpc) is 2.89. The molecule has 0 bridgehead atoms. The summed E-state index contributed by atoms with van der Waals surface area (Å²) in [6.07, 6.45) is 1.55. The number of hydrogen-bond donors (Lipinski definition) is 2. The van der Waals surface area contributed by atoms with Crippen LogP contribution in [-0.4, -0.2) is 22.1 Å². The van der Waals surface area contributed by atoms with E-state index in [1.807, 2.05) is 30.3 Å². The summed E-state index contributed by atoms with van der Waals surface area (Å²) in [4.78, 5) is 17.1. The van der Waals surface area contributed by atoms with Gasteiger partial charge in [0.15, 0.2) is 0 Å². The smallest absolute Gasteiger partial charge is 0.254 e. The number of rotatable bonds is 2. The van der Waals surface area contributed by atoms with Crippen molar-refractivity contribution in [2.75, 3.05) is 0 Å². The highest BCUT2D eigenvalue weighted by Crippen LogP contribution is 2.32. The molecule has 0 unspecified atom stereocenters. The molecule has 2 aromatic carbocycles. The average molecular weight is 339 g/mol. The lowest BCUT2D eigenvalue weighted by Gasteiger charge is -2.18. The molecule has 0 spiro atoms. The molecule has 1 aromatic heterocycles. The Kier molecular flexibility index (Phi) is 3.71. The molecule has 1 heterocycles. The second-order valence-electron chi connectivity index (χ2n) is 5.95. The van der Waals surface area contributed by atoms with Crippen LogP contribution in [0.5, 0.6) is 0 Å². The van der Waals surface area contributed by atoms with Crippen LogP contribution in [0.4, 0.5) is 0 Å². The first-order valence-electron chi connectivity index (χ1n) is 7.74. The maximum Gasteiger partial charge on any atom is 0.254 e.